The fourth-order valence-electron chi connectivity index (χ4n) is 4.10. The molecular weight excluding hydrogens is 440 g/mol. The average Bonchev–Trinajstić information content (AvgIpc) is 3.11. The maximum atomic E-state index is 6.25. The third-order valence-corrected chi connectivity index (χ3v) is 6.71. The van der Waals surface area contributed by atoms with Gasteiger partial charge in [0.2, 0.25) is 11.9 Å². The normalized spacial score (nSPS) is 18.5. The minimum absolute atomic E-state index is 0.243. The molecule has 0 aromatic rings. The third-order valence-electron chi connectivity index (χ3n) is 6.71. The lowest BCUT2D eigenvalue weighted by Gasteiger charge is -2.23. The second-order valence-corrected chi connectivity index (χ2v) is 9.50. The van der Waals surface area contributed by atoms with Gasteiger partial charge in [0.25, 0.3) is 0 Å². The van der Waals surface area contributed by atoms with Crippen LogP contribution >= 0.6 is 0 Å². The van der Waals surface area contributed by atoms with E-state index >= 15 is 0 Å². The van der Waals surface area contributed by atoms with E-state index in [2.05, 4.69) is 47.7 Å². The molecule has 0 spiro atoms. The molecule has 0 radical (unpaired) electrons. The molecule has 8 N–H and O–H groups in total. The molecule has 1 aliphatic heterocycles. The van der Waals surface area contributed by atoms with Crippen LogP contribution in [0.15, 0.2) is 20.0 Å². The molecule has 0 bridgehead atoms. The Hall–Kier alpha value is -2.52. The summed E-state index contributed by atoms with van der Waals surface area (Å²) >= 11 is 0. The highest BCUT2D eigenvalue weighted by Crippen LogP contribution is 2.13. The molecule has 1 aliphatic rings. The molecule has 1 saturated heterocycles. The fraction of sp³-hybridized carbons (Fsp3) is 0.840. The highest BCUT2D eigenvalue weighted by molar-refractivity contribution is 5.94. The van der Waals surface area contributed by atoms with E-state index in [0.29, 0.717) is 49.9 Å². The van der Waals surface area contributed by atoms with E-state index in [9.17, 15) is 0 Å². The van der Waals surface area contributed by atoms with E-state index in [1.54, 1.807) is 0 Å². The summed E-state index contributed by atoms with van der Waals surface area (Å²) in [5.41, 5.74) is 24.6. The molecule has 2 unspecified atom stereocenters. The van der Waals surface area contributed by atoms with Crippen LogP contribution in [0, 0.1) is 11.8 Å². The molecule has 0 saturated carbocycles. The second-order valence-electron chi connectivity index (χ2n) is 9.50. The van der Waals surface area contributed by atoms with Gasteiger partial charge in [-0.15, -0.1) is 0 Å². The summed E-state index contributed by atoms with van der Waals surface area (Å²) in [6, 6.07) is 0. The van der Waals surface area contributed by atoms with Gasteiger partial charge in [0.05, 0.1) is 0 Å². The number of aliphatic imine (C=N–C) groups is 4. The number of hydrogen-bond acceptors (Lipinski definition) is 2. The molecule has 2 atom stereocenters. The zero-order valence-corrected chi connectivity index (χ0v) is 22.8. The Labute approximate surface area is 213 Å². The van der Waals surface area contributed by atoms with Crippen molar-refractivity contribution in [3.05, 3.63) is 0 Å². The Morgan fingerprint density at radius 1 is 0.657 bits per heavy atom. The largest absolute Gasteiger partial charge is 0.369 e. The van der Waals surface area contributed by atoms with Crippen LogP contribution in [0.4, 0.5) is 0 Å². The smallest absolute Gasteiger partial charge is 0.218 e. The predicted molar refractivity (Wildman–Crippen MR) is 151 cm³/mol. The molecule has 202 valence electrons. The molecule has 10 nitrogen and oxygen atoms in total. The molecule has 0 aromatic heterocycles. The van der Waals surface area contributed by atoms with Gasteiger partial charge in [-0.05, 0) is 31.1 Å². The quantitative estimate of drug-likeness (QED) is 0.242. The van der Waals surface area contributed by atoms with Gasteiger partial charge in [-0.1, -0.05) is 66.2 Å². The Bertz CT molecular complexity index is 642. The summed E-state index contributed by atoms with van der Waals surface area (Å²) in [5, 5.41) is 0. The van der Waals surface area contributed by atoms with Crippen LogP contribution in [0.5, 0.6) is 0 Å². The minimum Gasteiger partial charge on any atom is -0.369 e. The van der Waals surface area contributed by atoms with E-state index in [-0.39, 0.29) is 11.9 Å². The first-order valence-corrected chi connectivity index (χ1v) is 13.6. The third kappa shape index (κ3) is 12.7. The van der Waals surface area contributed by atoms with Crippen LogP contribution in [0.1, 0.15) is 85.5 Å². The zero-order chi connectivity index (χ0) is 26.1. The predicted octanol–water partition coefficient (Wildman–Crippen LogP) is 2.69. The first-order chi connectivity index (χ1) is 16.8. The van der Waals surface area contributed by atoms with E-state index in [1.165, 1.54) is 38.5 Å². The molecule has 0 aliphatic carbocycles. The van der Waals surface area contributed by atoms with Crippen molar-refractivity contribution in [2.75, 3.05) is 39.3 Å². The summed E-state index contributed by atoms with van der Waals surface area (Å²) in [7, 11) is 0. The van der Waals surface area contributed by atoms with Crippen LogP contribution in [-0.4, -0.2) is 72.9 Å². The van der Waals surface area contributed by atoms with Crippen LogP contribution in [0.25, 0.3) is 0 Å². The average molecular weight is 493 g/mol. The number of unbranched alkanes of at least 4 members (excludes halogenated alkanes) is 2. The molecule has 1 heterocycles. The van der Waals surface area contributed by atoms with Crippen LogP contribution < -0.4 is 22.9 Å². The first-order valence-electron chi connectivity index (χ1n) is 13.6. The number of nitrogens with two attached hydrogens (primary N) is 4. The van der Waals surface area contributed by atoms with Crippen molar-refractivity contribution in [1.82, 2.24) is 9.80 Å². The van der Waals surface area contributed by atoms with Gasteiger partial charge in [0.1, 0.15) is 0 Å². The first kappa shape index (κ1) is 30.5. The lowest BCUT2D eigenvalue weighted by atomic mass is 10.00. The van der Waals surface area contributed by atoms with Gasteiger partial charge >= 0.3 is 0 Å². The van der Waals surface area contributed by atoms with Crippen molar-refractivity contribution in [2.45, 2.75) is 85.5 Å². The number of rotatable bonds is 12. The topological polar surface area (TPSA) is 160 Å². The van der Waals surface area contributed by atoms with Crippen LogP contribution in [-0.2, 0) is 0 Å². The number of nitrogens with zero attached hydrogens (tertiary/aromatic N) is 6. The molecule has 35 heavy (non-hydrogen) atoms. The maximum absolute atomic E-state index is 6.25. The summed E-state index contributed by atoms with van der Waals surface area (Å²) in [6.07, 6.45) is 10.2. The highest BCUT2D eigenvalue weighted by Gasteiger charge is 2.18. The van der Waals surface area contributed by atoms with Crippen molar-refractivity contribution in [1.29, 1.82) is 0 Å². The Kier molecular flexibility index (Phi) is 15.6. The standard InChI is InChI=1S/C25H52N10/c1-5-9-12-20(7-3)18-30-22(26)32-24(28)34-14-11-15-35(17-16-34)25(29)33-23(27)31-19-21(8-4)13-10-6-2/h20-21H,5-19H2,1-4H3,(H4,26,28,30,32)(H4,27,29,31,33). The maximum Gasteiger partial charge on any atom is 0.218 e. The van der Waals surface area contributed by atoms with Crippen molar-refractivity contribution in [3.63, 3.8) is 0 Å². The Balaban J connectivity index is 2.65. The fourth-order valence-corrected chi connectivity index (χ4v) is 4.10. The molecule has 1 rings (SSSR count). The monoisotopic (exact) mass is 492 g/mol. The van der Waals surface area contributed by atoms with E-state index in [1.807, 2.05) is 9.80 Å². The molecule has 1 fully saturated rings. The SMILES string of the molecule is CCCCC(CC)CN=C(N)N=C(N)N1CCCN(C(N)=NC(N)=NCC(CC)CCCC)CC1. The second kappa shape index (κ2) is 17.8. The van der Waals surface area contributed by atoms with Gasteiger partial charge in [-0.25, -0.2) is 0 Å². The zero-order valence-electron chi connectivity index (χ0n) is 22.8. The Morgan fingerprint density at radius 3 is 1.40 bits per heavy atom. The number of guanidine groups is 4. The van der Waals surface area contributed by atoms with Gasteiger partial charge < -0.3 is 32.7 Å². The molecule has 0 amide bonds. The van der Waals surface area contributed by atoms with Crippen molar-refractivity contribution in [2.24, 2.45) is 54.7 Å². The van der Waals surface area contributed by atoms with Gasteiger partial charge in [-0.3, -0.25) is 9.98 Å². The van der Waals surface area contributed by atoms with E-state index in [0.717, 1.165) is 32.4 Å². The van der Waals surface area contributed by atoms with Crippen molar-refractivity contribution in [3.8, 4) is 0 Å². The highest BCUT2D eigenvalue weighted by atomic mass is 15.3. The van der Waals surface area contributed by atoms with Crippen LogP contribution in [0.3, 0.4) is 0 Å². The van der Waals surface area contributed by atoms with Crippen molar-refractivity contribution < 1.29 is 0 Å². The molecule has 10 heteroatoms. The molecular formula is C25H52N10. The van der Waals surface area contributed by atoms with Gasteiger partial charge in [0.15, 0.2) is 11.9 Å². The van der Waals surface area contributed by atoms with Gasteiger partial charge in [-0.2, -0.15) is 9.98 Å². The molecule has 0 aromatic carbocycles. The summed E-state index contributed by atoms with van der Waals surface area (Å²) in [4.78, 5) is 21.6. The van der Waals surface area contributed by atoms with E-state index < -0.39 is 0 Å². The lowest BCUT2D eigenvalue weighted by Crippen LogP contribution is -2.43. The summed E-state index contributed by atoms with van der Waals surface area (Å²) in [6.45, 7) is 13.0. The van der Waals surface area contributed by atoms with E-state index in [4.69, 9.17) is 22.9 Å². The summed E-state index contributed by atoms with van der Waals surface area (Å²) in [5.74, 6) is 2.35. The van der Waals surface area contributed by atoms with Gasteiger partial charge in [0, 0.05) is 39.3 Å². The van der Waals surface area contributed by atoms with Crippen LogP contribution in [0.2, 0.25) is 0 Å². The lowest BCUT2D eigenvalue weighted by molar-refractivity contribution is 0.407. The number of hydrogen-bond donors (Lipinski definition) is 4. The Morgan fingerprint density at radius 2 is 1.06 bits per heavy atom. The minimum atomic E-state index is 0.243. The summed E-state index contributed by atoms with van der Waals surface area (Å²) < 4.78 is 0. The van der Waals surface area contributed by atoms with Crippen molar-refractivity contribution >= 4 is 23.8 Å².